The van der Waals surface area contributed by atoms with Crippen molar-refractivity contribution < 1.29 is 33.3 Å². The summed E-state index contributed by atoms with van der Waals surface area (Å²) in [6, 6.07) is 13.0. The molecular formula is C33H45NO7. The number of piperidine rings is 1. The number of esters is 2. The highest BCUT2D eigenvalue weighted by atomic mass is 16.5. The summed E-state index contributed by atoms with van der Waals surface area (Å²) in [7, 11) is 2.68. The van der Waals surface area contributed by atoms with Gasteiger partial charge >= 0.3 is 11.9 Å². The van der Waals surface area contributed by atoms with Crippen LogP contribution in [-0.4, -0.2) is 63.3 Å². The van der Waals surface area contributed by atoms with Gasteiger partial charge in [-0.3, -0.25) is 9.59 Å². The molecule has 2 aromatic rings. The van der Waals surface area contributed by atoms with E-state index in [1.165, 1.54) is 58.0 Å². The summed E-state index contributed by atoms with van der Waals surface area (Å²) in [4.78, 5) is 39.1. The number of unbranched alkanes of at least 4 members (excludes halogenated alkanes) is 5. The summed E-state index contributed by atoms with van der Waals surface area (Å²) in [6.07, 6.45) is 10.1. The molecule has 1 saturated heterocycles. The number of benzene rings is 2. The fraction of sp³-hybridized carbons (Fsp3) is 0.545. The van der Waals surface area contributed by atoms with E-state index in [2.05, 4.69) is 19.1 Å². The van der Waals surface area contributed by atoms with Gasteiger partial charge in [-0.15, -0.1) is 0 Å². The first-order chi connectivity index (χ1) is 20.0. The Hall–Kier alpha value is -3.55. The first-order valence-corrected chi connectivity index (χ1v) is 14.9. The van der Waals surface area contributed by atoms with Gasteiger partial charge in [0, 0.05) is 13.1 Å². The Labute approximate surface area is 244 Å². The number of methoxy groups -OCH3 is 2. The standard InChI is InChI=1S/C33H45NO7/c1-4-5-6-7-8-9-22-40-28-15-12-25(13-16-28)11-10-23-41-30-17-14-27(33(37)39-3)24-29(30)31(35)34-20-18-26(19-21-34)32(36)38-2/h12-17,24,26H,4-11,18-23H2,1-3H3. The van der Waals surface area contributed by atoms with Crippen LogP contribution >= 0.6 is 0 Å². The molecule has 0 saturated carbocycles. The highest BCUT2D eigenvalue weighted by Gasteiger charge is 2.30. The second-order valence-corrected chi connectivity index (χ2v) is 10.5. The van der Waals surface area contributed by atoms with E-state index in [9.17, 15) is 14.4 Å². The lowest BCUT2D eigenvalue weighted by molar-refractivity contribution is -0.146. The van der Waals surface area contributed by atoms with Crippen LogP contribution in [0.5, 0.6) is 11.5 Å². The molecule has 0 aliphatic carbocycles. The average molecular weight is 568 g/mol. The number of likely N-dealkylation sites (tertiary alicyclic amines) is 1. The number of rotatable bonds is 16. The molecule has 1 aliphatic heterocycles. The fourth-order valence-corrected chi connectivity index (χ4v) is 5.01. The van der Waals surface area contributed by atoms with Gasteiger partial charge in [-0.2, -0.15) is 0 Å². The van der Waals surface area contributed by atoms with Crippen molar-refractivity contribution >= 4 is 17.8 Å². The van der Waals surface area contributed by atoms with Crippen LogP contribution in [0.4, 0.5) is 0 Å². The highest BCUT2D eigenvalue weighted by molar-refractivity contribution is 6.00. The molecule has 0 spiro atoms. The molecule has 0 N–H and O–H groups in total. The lowest BCUT2D eigenvalue weighted by Crippen LogP contribution is -2.40. The molecule has 2 aromatic carbocycles. The number of carbonyl (C=O) groups is 3. The molecule has 0 radical (unpaired) electrons. The Morgan fingerprint density at radius 3 is 2.17 bits per heavy atom. The molecule has 8 heteroatoms. The van der Waals surface area contributed by atoms with Crippen molar-refractivity contribution in [1.29, 1.82) is 0 Å². The van der Waals surface area contributed by atoms with Crippen LogP contribution < -0.4 is 9.47 Å². The van der Waals surface area contributed by atoms with Crippen LogP contribution in [0.2, 0.25) is 0 Å². The average Bonchev–Trinajstić information content (AvgIpc) is 3.02. The summed E-state index contributed by atoms with van der Waals surface area (Å²) >= 11 is 0. The van der Waals surface area contributed by atoms with Crippen LogP contribution in [0.25, 0.3) is 0 Å². The van der Waals surface area contributed by atoms with Gasteiger partial charge in [0.15, 0.2) is 0 Å². The minimum atomic E-state index is -0.519. The van der Waals surface area contributed by atoms with Gasteiger partial charge in [-0.25, -0.2) is 4.79 Å². The molecule has 41 heavy (non-hydrogen) atoms. The van der Waals surface area contributed by atoms with E-state index in [4.69, 9.17) is 18.9 Å². The molecule has 0 aromatic heterocycles. The van der Waals surface area contributed by atoms with Crippen LogP contribution in [-0.2, 0) is 20.7 Å². The lowest BCUT2D eigenvalue weighted by Gasteiger charge is -2.31. The first-order valence-electron chi connectivity index (χ1n) is 14.9. The van der Waals surface area contributed by atoms with E-state index < -0.39 is 5.97 Å². The predicted molar refractivity (Wildman–Crippen MR) is 158 cm³/mol. The smallest absolute Gasteiger partial charge is 0.337 e. The van der Waals surface area contributed by atoms with Gasteiger partial charge in [-0.05, 0) is 68.0 Å². The molecule has 224 valence electrons. The van der Waals surface area contributed by atoms with Gasteiger partial charge in [0.25, 0.3) is 5.91 Å². The topological polar surface area (TPSA) is 91.4 Å². The fourth-order valence-electron chi connectivity index (χ4n) is 5.01. The minimum absolute atomic E-state index is 0.206. The van der Waals surface area contributed by atoms with Crippen LogP contribution in [0.3, 0.4) is 0 Å². The van der Waals surface area contributed by atoms with Crippen molar-refractivity contribution in [2.75, 3.05) is 40.5 Å². The number of hydrogen-bond donors (Lipinski definition) is 0. The third kappa shape index (κ3) is 10.1. The zero-order valence-electron chi connectivity index (χ0n) is 24.8. The number of ether oxygens (including phenoxy) is 4. The molecule has 1 aliphatic rings. The number of carbonyl (C=O) groups excluding carboxylic acids is 3. The van der Waals surface area contributed by atoms with E-state index >= 15 is 0 Å². The number of aryl methyl sites for hydroxylation is 1. The van der Waals surface area contributed by atoms with Crippen molar-refractivity contribution in [2.24, 2.45) is 5.92 Å². The molecular weight excluding hydrogens is 522 g/mol. The molecule has 1 amide bonds. The van der Waals surface area contributed by atoms with Crippen molar-refractivity contribution in [1.82, 2.24) is 4.90 Å². The third-order valence-corrected chi connectivity index (χ3v) is 7.51. The van der Waals surface area contributed by atoms with Gasteiger partial charge in [0.2, 0.25) is 0 Å². The van der Waals surface area contributed by atoms with E-state index in [1.807, 2.05) is 12.1 Å². The van der Waals surface area contributed by atoms with E-state index in [-0.39, 0.29) is 23.4 Å². The van der Waals surface area contributed by atoms with Crippen molar-refractivity contribution in [3.63, 3.8) is 0 Å². The Kier molecular flexibility index (Phi) is 13.5. The van der Waals surface area contributed by atoms with E-state index in [0.29, 0.717) is 43.9 Å². The Morgan fingerprint density at radius 1 is 0.805 bits per heavy atom. The lowest BCUT2D eigenvalue weighted by atomic mass is 9.96. The van der Waals surface area contributed by atoms with Gasteiger partial charge < -0.3 is 23.8 Å². The monoisotopic (exact) mass is 567 g/mol. The second-order valence-electron chi connectivity index (χ2n) is 10.5. The summed E-state index contributed by atoms with van der Waals surface area (Å²) in [6.45, 7) is 4.25. The van der Waals surface area contributed by atoms with Crippen LogP contribution in [0.1, 0.15) is 91.0 Å². The van der Waals surface area contributed by atoms with Crippen molar-refractivity contribution in [2.45, 2.75) is 71.1 Å². The quantitative estimate of drug-likeness (QED) is 0.175. The van der Waals surface area contributed by atoms with E-state index in [1.54, 1.807) is 17.0 Å². The molecule has 0 atom stereocenters. The molecule has 0 unspecified atom stereocenters. The Bertz CT molecular complexity index is 1110. The van der Waals surface area contributed by atoms with Crippen molar-refractivity contribution in [3.05, 3.63) is 59.2 Å². The largest absolute Gasteiger partial charge is 0.494 e. The summed E-state index contributed by atoms with van der Waals surface area (Å²) in [5, 5.41) is 0. The maximum absolute atomic E-state index is 13.4. The maximum Gasteiger partial charge on any atom is 0.337 e. The van der Waals surface area contributed by atoms with Crippen molar-refractivity contribution in [3.8, 4) is 11.5 Å². The highest BCUT2D eigenvalue weighted by Crippen LogP contribution is 2.26. The summed E-state index contributed by atoms with van der Waals surface area (Å²) < 4.78 is 21.6. The van der Waals surface area contributed by atoms with Crippen LogP contribution in [0.15, 0.2) is 42.5 Å². The SMILES string of the molecule is CCCCCCCCOc1ccc(CCCOc2ccc(C(=O)OC)cc2C(=O)N2CCC(C(=O)OC)CC2)cc1. The molecule has 1 fully saturated rings. The van der Waals surface area contributed by atoms with E-state index in [0.717, 1.165) is 31.6 Å². The Morgan fingerprint density at radius 2 is 1.49 bits per heavy atom. The molecule has 1 heterocycles. The molecule has 3 rings (SSSR count). The molecule has 8 nitrogen and oxygen atoms in total. The third-order valence-electron chi connectivity index (χ3n) is 7.51. The predicted octanol–water partition coefficient (Wildman–Crippen LogP) is 6.25. The Balaban J connectivity index is 1.50. The van der Waals surface area contributed by atoms with Gasteiger partial charge in [0.05, 0.1) is 44.5 Å². The normalized spacial score (nSPS) is 13.5. The summed E-state index contributed by atoms with van der Waals surface area (Å²) in [5.41, 5.74) is 1.79. The van der Waals surface area contributed by atoms with Gasteiger partial charge in [0.1, 0.15) is 11.5 Å². The minimum Gasteiger partial charge on any atom is -0.494 e. The summed E-state index contributed by atoms with van der Waals surface area (Å²) in [5.74, 6) is 0.116. The zero-order chi connectivity index (χ0) is 29.5. The van der Waals surface area contributed by atoms with Crippen LogP contribution in [0, 0.1) is 5.92 Å². The maximum atomic E-state index is 13.4. The number of nitrogens with zero attached hydrogens (tertiary/aromatic N) is 1. The van der Waals surface area contributed by atoms with Gasteiger partial charge in [-0.1, -0.05) is 51.2 Å². The zero-order valence-corrected chi connectivity index (χ0v) is 24.8. The number of hydrogen-bond acceptors (Lipinski definition) is 7. The molecule has 0 bridgehead atoms. The number of amides is 1. The second kappa shape index (κ2) is 17.3. The first kappa shape index (κ1) is 32.0.